The van der Waals surface area contributed by atoms with Crippen LogP contribution in [0.25, 0.3) is 0 Å². The Balaban J connectivity index is 2.00. The maximum atomic E-state index is 13.7. The summed E-state index contributed by atoms with van der Waals surface area (Å²) < 4.78 is 4.84. The van der Waals surface area contributed by atoms with E-state index >= 15 is 0 Å². The van der Waals surface area contributed by atoms with Gasteiger partial charge in [0.15, 0.2) is 6.29 Å². The van der Waals surface area contributed by atoms with Gasteiger partial charge in [0, 0.05) is 35.2 Å². The molecule has 3 rings (SSSR count). The van der Waals surface area contributed by atoms with Gasteiger partial charge in [-0.1, -0.05) is 44.5 Å². The fourth-order valence-electron chi connectivity index (χ4n) is 3.76. The number of halogens is 1. The van der Waals surface area contributed by atoms with Crippen molar-refractivity contribution in [1.29, 1.82) is 0 Å². The monoisotopic (exact) mass is 512 g/mol. The molecule has 1 heterocycles. The Morgan fingerprint density at radius 3 is 2.40 bits per heavy atom. The summed E-state index contributed by atoms with van der Waals surface area (Å²) in [5.41, 5.74) is 4.26. The second-order valence-electron chi connectivity index (χ2n) is 9.29. The van der Waals surface area contributed by atoms with Gasteiger partial charge < -0.3 is 9.62 Å². The summed E-state index contributed by atoms with van der Waals surface area (Å²) in [5.74, 6) is -0.364. The Kier molecular flexibility index (Phi) is 8.13. The van der Waals surface area contributed by atoms with Gasteiger partial charge in [0.05, 0.1) is 16.3 Å². The van der Waals surface area contributed by atoms with Crippen LogP contribution in [-0.4, -0.2) is 26.4 Å². The van der Waals surface area contributed by atoms with E-state index in [1.807, 2.05) is 32.0 Å². The zero-order valence-electron chi connectivity index (χ0n) is 21.1. The third-order valence-corrected chi connectivity index (χ3v) is 7.18. The molecule has 6 nitrogen and oxygen atoms in total. The van der Waals surface area contributed by atoms with Crippen molar-refractivity contribution in [3.05, 3.63) is 81.6 Å². The Morgan fingerprint density at radius 1 is 1.17 bits per heavy atom. The first-order chi connectivity index (χ1) is 16.5. The molecule has 0 aliphatic heterocycles. The lowest BCUT2D eigenvalue weighted by molar-refractivity contribution is -0.889. The Labute approximate surface area is 216 Å². The largest absolute Gasteiger partial charge is 0.325 e. The number of anilines is 2. The highest BCUT2D eigenvalue weighted by Gasteiger charge is 2.27. The summed E-state index contributed by atoms with van der Waals surface area (Å²) in [7, 11) is 3.21. The number of aromatic nitrogens is 1. The minimum atomic E-state index is -0.364. The average molecular weight is 513 g/mol. The molecule has 35 heavy (non-hydrogen) atoms. The van der Waals surface area contributed by atoms with Crippen molar-refractivity contribution in [3.63, 3.8) is 0 Å². The normalized spacial score (nSPS) is 11.2. The van der Waals surface area contributed by atoms with Gasteiger partial charge in [0.1, 0.15) is 12.8 Å². The van der Waals surface area contributed by atoms with E-state index < -0.39 is 0 Å². The van der Waals surface area contributed by atoms with Gasteiger partial charge in [-0.25, -0.2) is 0 Å². The first-order valence-corrected chi connectivity index (χ1v) is 12.3. The molecule has 1 aromatic heterocycles. The Morgan fingerprint density at radius 2 is 1.83 bits per heavy atom. The van der Waals surface area contributed by atoms with Crippen molar-refractivity contribution < 1.29 is 19.2 Å². The number of amides is 1. The number of carbonyl (C=O) groups excluding carboxylic acids is 2. The van der Waals surface area contributed by atoms with E-state index in [-0.39, 0.29) is 27.5 Å². The smallest absolute Gasteiger partial charge is 0.261 e. The quantitative estimate of drug-likeness (QED) is 0.246. The van der Waals surface area contributed by atoms with E-state index in [0.717, 1.165) is 10.6 Å². The highest BCUT2D eigenvalue weighted by molar-refractivity contribution is 8.00. The number of carbonyl (C=O) groups is 2. The van der Waals surface area contributed by atoms with Crippen LogP contribution in [0.4, 0.5) is 11.4 Å². The molecule has 0 unspecified atom stereocenters. The molecule has 0 radical (unpaired) electrons. The van der Waals surface area contributed by atoms with Gasteiger partial charge in [-0.3, -0.25) is 14.4 Å². The van der Waals surface area contributed by atoms with Gasteiger partial charge >= 0.3 is 0 Å². The molecule has 0 saturated heterocycles. The van der Waals surface area contributed by atoms with Crippen LogP contribution in [0.15, 0.2) is 53.6 Å². The lowest BCUT2D eigenvalue weighted by Gasteiger charge is -2.22. The first kappa shape index (κ1) is 26.6. The standard InChI is InChI=1S/C27H30ClN3O3S/c1-17-15-22(29-35-20-12-10-19(11-13-20)27(3,4)5)24(21(16-32)25(17)28)26(33)30(6)23-9-8-14-31(34-7)18(23)2/h8-16H,1-7H3/p+1. The molecule has 0 saturated carbocycles. The van der Waals surface area contributed by atoms with Gasteiger partial charge in [-0.05, 0) is 59.7 Å². The number of nitrogens with zero attached hydrogens (tertiary/aromatic N) is 2. The summed E-state index contributed by atoms with van der Waals surface area (Å²) in [6, 6.07) is 13.7. The maximum absolute atomic E-state index is 13.7. The van der Waals surface area contributed by atoms with Crippen LogP contribution in [0.3, 0.4) is 0 Å². The van der Waals surface area contributed by atoms with Crippen molar-refractivity contribution in [3.8, 4) is 0 Å². The van der Waals surface area contributed by atoms with Gasteiger partial charge in [0.2, 0.25) is 6.20 Å². The van der Waals surface area contributed by atoms with Crippen LogP contribution < -0.4 is 19.2 Å². The van der Waals surface area contributed by atoms with E-state index in [1.165, 1.54) is 22.4 Å². The lowest BCUT2D eigenvalue weighted by atomic mass is 9.87. The zero-order valence-corrected chi connectivity index (χ0v) is 22.7. The summed E-state index contributed by atoms with van der Waals surface area (Å²) in [6.45, 7) is 10.2. The summed E-state index contributed by atoms with van der Waals surface area (Å²) in [6.07, 6.45) is 2.39. The highest BCUT2D eigenvalue weighted by atomic mass is 35.5. The predicted molar refractivity (Wildman–Crippen MR) is 143 cm³/mol. The van der Waals surface area contributed by atoms with Crippen LogP contribution in [0, 0.1) is 13.8 Å². The summed E-state index contributed by atoms with van der Waals surface area (Å²) in [4.78, 5) is 33.6. The minimum Gasteiger partial charge on any atom is -0.325 e. The van der Waals surface area contributed by atoms with Crippen molar-refractivity contribution in [1.82, 2.24) is 0 Å². The number of rotatable bonds is 7. The number of aryl methyl sites for hydroxylation is 1. The fraction of sp³-hybridized carbons (Fsp3) is 0.296. The van der Waals surface area contributed by atoms with Crippen LogP contribution >= 0.6 is 23.5 Å². The van der Waals surface area contributed by atoms with Crippen LogP contribution in [0.5, 0.6) is 0 Å². The third kappa shape index (κ3) is 5.63. The molecule has 3 aromatic rings. The number of hydrogen-bond acceptors (Lipinski definition) is 5. The predicted octanol–water partition coefficient (Wildman–Crippen LogP) is 5.81. The van der Waals surface area contributed by atoms with E-state index in [9.17, 15) is 9.59 Å². The Bertz CT molecular complexity index is 1250. The van der Waals surface area contributed by atoms with Crippen molar-refractivity contribution >= 4 is 47.1 Å². The minimum absolute atomic E-state index is 0.0590. The molecule has 0 fully saturated rings. The second kappa shape index (κ2) is 10.7. The molecule has 184 valence electrons. The van der Waals surface area contributed by atoms with Crippen molar-refractivity contribution in [2.45, 2.75) is 44.9 Å². The molecule has 0 bridgehead atoms. The topological polar surface area (TPSA) is 62.5 Å². The lowest BCUT2D eigenvalue weighted by Crippen LogP contribution is -2.44. The third-order valence-electron chi connectivity index (χ3n) is 5.85. The maximum Gasteiger partial charge on any atom is 0.261 e. The number of aldehydes is 1. The number of nitrogens with one attached hydrogen (secondary N) is 1. The summed E-state index contributed by atoms with van der Waals surface area (Å²) in [5, 5.41) is 0.263. The molecule has 0 atom stereocenters. The molecule has 1 amide bonds. The highest BCUT2D eigenvalue weighted by Crippen LogP contribution is 2.34. The number of hydrogen-bond donors (Lipinski definition) is 1. The first-order valence-electron chi connectivity index (χ1n) is 11.1. The average Bonchev–Trinajstić information content (AvgIpc) is 2.83. The number of pyridine rings is 1. The van der Waals surface area contributed by atoms with Crippen molar-refractivity contribution in [2.75, 3.05) is 23.8 Å². The van der Waals surface area contributed by atoms with Gasteiger partial charge in [-0.2, -0.15) is 0 Å². The van der Waals surface area contributed by atoms with E-state index in [0.29, 0.717) is 23.2 Å². The zero-order chi connectivity index (χ0) is 25.9. The van der Waals surface area contributed by atoms with Crippen molar-refractivity contribution in [2.24, 2.45) is 0 Å². The number of benzene rings is 2. The van der Waals surface area contributed by atoms with Gasteiger partial charge in [0.25, 0.3) is 11.6 Å². The molecule has 0 spiro atoms. The Hall–Kier alpha value is -3.03. The molecule has 1 N–H and O–H groups in total. The van der Waals surface area contributed by atoms with Crippen LogP contribution in [-0.2, 0) is 5.41 Å². The second-order valence-corrected chi connectivity index (χ2v) is 10.5. The molecule has 8 heteroatoms. The molecule has 0 aliphatic carbocycles. The van der Waals surface area contributed by atoms with Crippen LogP contribution in [0.2, 0.25) is 5.02 Å². The van der Waals surface area contributed by atoms with E-state index in [2.05, 4.69) is 37.6 Å². The van der Waals surface area contributed by atoms with Crippen LogP contribution in [0.1, 0.15) is 58.3 Å². The molecular weight excluding hydrogens is 482 g/mol. The van der Waals surface area contributed by atoms with E-state index in [4.69, 9.17) is 16.4 Å². The van der Waals surface area contributed by atoms with E-state index in [1.54, 1.807) is 37.2 Å². The molecule has 0 aliphatic rings. The molecule has 2 aromatic carbocycles. The fourth-order valence-corrected chi connectivity index (χ4v) is 4.62. The SMILES string of the molecule is CO[n+]1cccc(N(C)C(=O)c2c(NSc3ccc(C(C)(C)C)cc3)cc(C)c(Cl)c2C=O)c1C. The molecular formula is C27H31ClN3O3S+. The summed E-state index contributed by atoms with van der Waals surface area (Å²) >= 11 is 7.83. The van der Waals surface area contributed by atoms with Gasteiger partial charge in [-0.15, -0.1) is 0 Å².